The number of hydrogen-bond acceptors (Lipinski definition) is 7. The number of carbonyl (C=O) groups is 3. The number of benzene rings is 1. The van der Waals surface area contributed by atoms with Gasteiger partial charge in [-0.1, -0.05) is 18.0 Å². The van der Waals surface area contributed by atoms with Crippen molar-refractivity contribution in [3.8, 4) is 0 Å². The Morgan fingerprint density at radius 1 is 1.15 bits per heavy atom. The highest BCUT2D eigenvalue weighted by atomic mass is 35.5. The van der Waals surface area contributed by atoms with E-state index < -0.39 is 40.6 Å². The Morgan fingerprint density at radius 2 is 1.85 bits per heavy atom. The van der Waals surface area contributed by atoms with Gasteiger partial charge in [0.2, 0.25) is 10.0 Å². The lowest BCUT2D eigenvalue weighted by molar-refractivity contribution is -0.139. The van der Waals surface area contributed by atoms with Crippen LogP contribution in [0.2, 0.25) is 5.02 Å². The first-order valence-electron chi connectivity index (χ1n) is 10.6. The molecule has 1 aromatic carbocycles. The highest BCUT2D eigenvalue weighted by Gasteiger charge is 2.31. The number of halogens is 1. The highest BCUT2D eigenvalue weighted by molar-refractivity contribution is 7.89. The number of urea groups is 1. The van der Waals surface area contributed by atoms with Gasteiger partial charge in [-0.2, -0.15) is 4.31 Å². The molecule has 0 unspecified atom stereocenters. The summed E-state index contributed by atoms with van der Waals surface area (Å²) in [6, 6.07) is 2.63. The number of esters is 2. The second-order valence-electron chi connectivity index (χ2n) is 7.62. The van der Waals surface area contributed by atoms with Crippen LogP contribution in [0.4, 0.5) is 4.79 Å². The van der Waals surface area contributed by atoms with Crippen LogP contribution in [0.3, 0.4) is 0 Å². The molecule has 0 aliphatic carbocycles. The molecule has 2 aliphatic heterocycles. The maximum absolute atomic E-state index is 12.9. The number of nitrogens with zero attached hydrogens (tertiary/aromatic N) is 1. The molecule has 33 heavy (non-hydrogen) atoms. The van der Waals surface area contributed by atoms with E-state index in [0.717, 1.165) is 19.3 Å². The smallest absolute Gasteiger partial charge is 0.340 e. The molecule has 1 fully saturated rings. The zero-order valence-electron chi connectivity index (χ0n) is 18.4. The molecule has 0 spiro atoms. The standard InChI is InChI=1S/C21H26ClN3O7S/c1-3-31-20(27)18-13(2)23-21(28)24-17(18)12-32-19(26)15-11-14(7-8-16(15)22)33(29,30)25-9-5-4-6-10-25/h7-8,11,13H,3-6,9-10,12H2,1-2H3,(H2,23,24,28)/t13-/m1/s1. The molecule has 2 N–H and O–H groups in total. The molecule has 1 aromatic rings. The minimum atomic E-state index is -3.78. The molecule has 2 aliphatic rings. The monoisotopic (exact) mass is 499 g/mol. The fraction of sp³-hybridized carbons (Fsp3) is 0.476. The fourth-order valence-corrected chi connectivity index (χ4v) is 5.42. The number of sulfonamides is 1. The van der Waals surface area contributed by atoms with E-state index in [4.69, 9.17) is 21.1 Å². The van der Waals surface area contributed by atoms with Crippen LogP contribution in [-0.2, 0) is 24.3 Å². The van der Waals surface area contributed by atoms with E-state index >= 15 is 0 Å². The van der Waals surface area contributed by atoms with E-state index in [2.05, 4.69) is 10.6 Å². The van der Waals surface area contributed by atoms with Gasteiger partial charge in [0, 0.05) is 13.1 Å². The second-order valence-corrected chi connectivity index (χ2v) is 9.96. The van der Waals surface area contributed by atoms with E-state index in [1.807, 2.05) is 0 Å². The van der Waals surface area contributed by atoms with Crippen molar-refractivity contribution in [2.24, 2.45) is 0 Å². The predicted molar refractivity (Wildman–Crippen MR) is 119 cm³/mol. The number of rotatable bonds is 7. The van der Waals surface area contributed by atoms with Crippen molar-refractivity contribution < 1.29 is 32.3 Å². The molecule has 180 valence electrons. The van der Waals surface area contributed by atoms with Gasteiger partial charge in [0.1, 0.15) is 6.61 Å². The molecule has 0 saturated carbocycles. The van der Waals surface area contributed by atoms with Gasteiger partial charge < -0.3 is 20.1 Å². The first kappa shape index (κ1) is 25.0. The summed E-state index contributed by atoms with van der Waals surface area (Å²) in [5, 5.41) is 5.01. The van der Waals surface area contributed by atoms with Crippen molar-refractivity contribution in [1.29, 1.82) is 0 Å². The molecule has 2 amide bonds. The third-order valence-electron chi connectivity index (χ3n) is 5.32. The number of nitrogens with one attached hydrogen (secondary N) is 2. The summed E-state index contributed by atoms with van der Waals surface area (Å²) >= 11 is 6.14. The molecule has 1 atom stereocenters. The maximum Gasteiger partial charge on any atom is 0.340 e. The van der Waals surface area contributed by atoms with Gasteiger partial charge in [0.15, 0.2) is 0 Å². The van der Waals surface area contributed by atoms with Crippen LogP contribution in [0.25, 0.3) is 0 Å². The molecule has 1 saturated heterocycles. The maximum atomic E-state index is 12.9. The third-order valence-corrected chi connectivity index (χ3v) is 7.55. The molecule has 0 aromatic heterocycles. The van der Waals surface area contributed by atoms with E-state index in [-0.39, 0.29) is 33.4 Å². The molecule has 10 nitrogen and oxygen atoms in total. The Morgan fingerprint density at radius 3 is 2.52 bits per heavy atom. The fourth-order valence-electron chi connectivity index (χ4n) is 3.68. The number of hydrogen-bond donors (Lipinski definition) is 2. The van der Waals surface area contributed by atoms with Crippen molar-refractivity contribution in [2.75, 3.05) is 26.3 Å². The van der Waals surface area contributed by atoms with Crippen LogP contribution >= 0.6 is 11.6 Å². The lowest BCUT2D eigenvalue weighted by Crippen LogP contribution is -2.50. The van der Waals surface area contributed by atoms with Crippen molar-refractivity contribution in [3.63, 3.8) is 0 Å². The molecule has 0 radical (unpaired) electrons. The van der Waals surface area contributed by atoms with Crippen molar-refractivity contribution >= 4 is 39.6 Å². The van der Waals surface area contributed by atoms with Crippen LogP contribution in [0.15, 0.2) is 34.4 Å². The highest BCUT2D eigenvalue weighted by Crippen LogP contribution is 2.26. The van der Waals surface area contributed by atoms with Crippen molar-refractivity contribution in [3.05, 3.63) is 40.1 Å². The van der Waals surface area contributed by atoms with Gasteiger partial charge in [-0.25, -0.2) is 22.8 Å². The molecular weight excluding hydrogens is 474 g/mol. The summed E-state index contributed by atoms with van der Waals surface area (Å²) in [6.07, 6.45) is 2.52. The van der Waals surface area contributed by atoms with Gasteiger partial charge >= 0.3 is 18.0 Å². The summed E-state index contributed by atoms with van der Waals surface area (Å²) in [4.78, 5) is 36.8. The molecule has 2 heterocycles. The van der Waals surface area contributed by atoms with Crippen LogP contribution < -0.4 is 10.6 Å². The minimum Gasteiger partial charge on any atom is -0.463 e. The quantitative estimate of drug-likeness (QED) is 0.550. The Balaban J connectivity index is 1.82. The van der Waals surface area contributed by atoms with E-state index in [1.165, 1.54) is 22.5 Å². The topological polar surface area (TPSA) is 131 Å². The number of carbonyl (C=O) groups excluding carboxylic acids is 3. The summed E-state index contributed by atoms with van der Waals surface area (Å²) in [7, 11) is -3.78. The zero-order valence-corrected chi connectivity index (χ0v) is 19.9. The van der Waals surface area contributed by atoms with Gasteiger partial charge in [-0.15, -0.1) is 0 Å². The average Bonchev–Trinajstić information content (AvgIpc) is 2.78. The number of piperidine rings is 1. The summed E-state index contributed by atoms with van der Waals surface area (Å²) in [5.41, 5.74) is 0.0596. The lowest BCUT2D eigenvalue weighted by atomic mass is 10.0. The zero-order chi connectivity index (χ0) is 24.2. The largest absolute Gasteiger partial charge is 0.463 e. The van der Waals surface area contributed by atoms with Gasteiger partial charge in [0.05, 0.1) is 39.4 Å². The first-order valence-corrected chi connectivity index (χ1v) is 12.4. The predicted octanol–water partition coefficient (Wildman–Crippen LogP) is 2.19. The van der Waals surface area contributed by atoms with Crippen molar-refractivity contribution in [1.82, 2.24) is 14.9 Å². The van der Waals surface area contributed by atoms with E-state index in [1.54, 1.807) is 13.8 Å². The Labute approximate surface area is 197 Å². The molecular formula is C21H26ClN3O7S. The third kappa shape index (κ3) is 5.66. The molecule has 12 heteroatoms. The van der Waals surface area contributed by atoms with Crippen LogP contribution in [0.1, 0.15) is 43.5 Å². The summed E-state index contributed by atoms with van der Waals surface area (Å²) in [5.74, 6) is -1.55. The Kier molecular flexibility index (Phi) is 7.98. The van der Waals surface area contributed by atoms with Crippen molar-refractivity contribution in [2.45, 2.75) is 44.0 Å². The average molecular weight is 500 g/mol. The van der Waals surface area contributed by atoms with Crippen LogP contribution in [-0.4, -0.2) is 63.0 Å². The molecule has 0 bridgehead atoms. The van der Waals surface area contributed by atoms with Gasteiger partial charge in [0.25, 0.3) is 0 Å². The lowest BCUT2D eigenvalue weighted by Gasteiger charge is -2.26. The molecule has 3 rings (SSSR count). The first-order chi connectivity index (χ1) is 15.6. The normalized spacial score (nSPS) is 19.5. The van der Waals surface area contributed by atoms with E-state index in [9.17, 15) is 22.8 Å². The van der Waals surface area contributed by atoms with Crippen LogP contribution in [0, 0.1) is 0 Å². The number of ether oxygens (including phenoxy) is 2. The Bertz CT molecular complexity index is 1080. The SMILES string of the molecule is CCOC(=O)C1=C(COC(=O)c2cc(S(=O)(=O)N3CCCCC3)ccc2Cl)NC(=O)N[C@@H]1C. The minimum absolute atomic E-state index is 0.0138. The van der Waals surface area contributed by atoms with E-state index in [0.29, 0.717) is 13.1 Å². The Hall–Kier alpha value is -2.63. The van der Waals surface area contributed by atoms with Gasteiger partial charge in [-0.05, 0) is 44.9 Å². The van der Waals surface area contributed by atoms with Crippen LogP contribution in [0.5, 0.6) is 0 Å². The summed E-state index contributed by atoms with van der Waals surface area (Å²) < 4.78 is 37.6. The second kappa shape index (κ2) is 10.5. The summed E-state index contributed by atoms with van der Waals surface area (Å²) in [6.45, 7) is 3.76. The number of amides is 2. The van der Waals surface area contributed by atoms with Gasteiger partial charge in [-0.3, -0.25) is 0 Å².